The molecule has 7 nitrogen and oxygen atoms in total. The summed E-state index contributed by atoms with van der Waals surface area (Å²) in [6.45, 7) is 2.22. The monoisotopic (exact) mass is 538 g/mol. The van der Waals surface area contributed by atoms with Crippen LogP contribution in [0.4, 0.5) is 5.69 Å². The average molecular weight is 539 g/mol. The highest BCUT2D eigenvalue weighted by molar-refractivity contribution is 7.99. The van der Waals surface area contributed by atoms with Gasteiger partial charge in [0.2, 0.25) is 5.91 Å². The van der Waals surface area contributed by atoms with Crippen molar-refractivity contribution >= 4 is 71.5 Å². The van der Waals surface area contributed by atoms with Crippen LogP contribution in [0.25, 0.3) is 36.9 Å². The highest BCUT2D eigenvalue weighted by atomic mass is 32.2. The van der Waals surface area contributed by atoms with Crippen LogP contribution in [-0.2, 0) is 24.1 Å². The number of rotatable bonds is 6. The van der Waals surface area contributed by atoms with E-state index in [0.717, 1.165) is 62.8 Å². The van der Waals surface area contributed by atoms with Gasteiger partial charge in [-0.2, -0.15) is 0 Å². The molecular formula is C29H26N6OS2. The maximum absolute atomic E-state index is 12.8. The van der Waals surface area contributed by atoms with Crippen molar-refractivity contribution in [3.05, 3.63) is 65.6 Å². The molecule has 1 aliphatic rings. The van der Waals surface area contributed by atoms with E-state index < -0.39 is 0 Å². The Kier molecular flexibility index (Phi) is 5.97. The number of nitrogens with one attached hydrogen (secondary N) is 1. The summed E-state index contributed by atoms with van der Waals surface area (Å²) in [6.07, 6.45) is 8.55. The zero-order chi connectivity index (χ0) is 25.6. The van der Waals surface area contributed by atoms with Gasteiger partial charge in [0, 0.05) is 22.2 Å². The topological polar surface area (TPSA) is 85.1 Å². The Labute approximate surface area is 227 Å². The lowest BCUT2D eigenvalue weighted by Crippen LogP contribution is -2.14. The molecule has 38 heavy (non-hydrogen) atoms. The van der Waals surface area contributed by atoms with Crippen LogP contribution in [0.3, 0.4) is 0 Å². The number of aromatic nitrogens is 5. The molecule has 190 valence electrons. The molecular weight excluding hydrogens is 512 g/mol. The Hall–Kier alpha value is -3.56. The summed E-state index contributed by atoms with van der Waals surface area (Å²) in [7, 11) is 0. The number of thioether (sulfide) groups is 1. The van der Waals surface area contributed by atoms with E-state index in [1.807, 2.05) is 46.9 Å². The summed E-state index contributed by atoms with van der Waals surface area (Å²) >= 11 is 3.02. The Bertz CT molecular complexity index is 1850. The fourth-order valence-corrected chi connectivity index (χ4v) is 7.43. The third-order valence-electron chi connectivity index (χ3n) is 7.27. The minimum atomic E-state index is -0.0849. The first-order valence-corrected chi connectivity index (χ1v) is 14.9. The van der Waals surface area contributed by atoms with Gasteiger partial charge in [-0.25, -0.2) is 9.97 Å². The summed E-state index contributed by atoms with van der Waals surface area (Å²) in [5, 5.41) is 16.0. The lowest BCUT2D eigenvalue weighted by molar-refractivity contribution is -0.113. The summed E-state index contributed by atoms with van der Waals surface area (Å²) in [5.41, 5.74) is 6.70. The van der Waals surface area contributed by atoms with Crippen LogP contribution in [0.2, 0.25) is 0 Å². The van der Waals surface area contributed by atoms with E-state index in [-0.39, 0.29) is 11.7 Å². The second kappa shape index (κ2) is 9.63. The Balaban J connectivity index is 1.20. The second-order valence-corrected chi connectivity index (χ2v) is 11.7. The highest BCUT2D eigenvalue weighted by Crippen LogP contribution is 2.40. The molecule has 0 saturated heterocycles. The molecule has 0 unspecified atom stereocenters. The van der Waals surface area contributed by atoms with Crippen molar-refractivity contribution < 1.29 is 4.79 Å². The predicted molar refractivity (Wildman–Crippen MR) is 155 cm³/mol. The van der Waals surface area contributed by atoms with Gasteiger partial charge in [0.05, 0.1) is 11.3 Å². The van der Waals surface area contributed by atoms with Gasteiger partial charge in [0.1, 0.15) is 15.9 Å². The van der Waals surface area contributed by atoms with Crippen LogP contribution in [0, 0.1) is 0 Å². The molecule has 1 N–H and O–H groups in total. The van der Waals surface area contributed by atoms with Crippen molar-refractivity contribution in [1.82, 2.24) is 24.6 Å². The summed E-state index contributed by atoms with van der Waals surface area (Å²) in [6, 6.07) is 14.0. The summed E-state index contributed by atoms with van der Waals surface area (Å²) in [4.78, 5) is 23.9. The molecule has 4 heterocycles. The zero-order valence-electron chi connectivity index (χ0n) is 21.0. The molecule has 0 aliphatic heterocycles. The summed E-state index contributed by atoms with van der Waals surface area (Å²) in [5.74, 6) is 0.141. The van der Waals surface area contributed by atoms with Gasteiger partial charge in [0.15, 0.2) is 10.8 Å². The number of benzene rings is 2. The number of nitrogens with zero attached hydrogens (tertiary/aromatic N) is 5. The lowest BCUT2D eigenvalue weighted by atomic mass is 9.88. The number of amides is 1. The van der Waals surface area contributed by atoms with Crippen LogP contribution >= 0.6 is 23.1 Å². The third-order valence-corrected chi connectivity index (χ3v) is 9.28. The fourth-order valence-electron chi connectivity index (χ4n) is 5.57. The summed E-state index contributed by atoms with van der Waals surface area (Å²) < 4.78 is 2.91. The Morgan fingerprint density at radius 3 is 2.82 bits per heavy atom. The van der Waals surface area contributed by atoms with E-state index in [2.05, 4.69) is 22.4 Å². The minimum Gasteiger partial charge on any atom is -0.325 e. The highest BCUT2D eigenvalue weighted by Gasteiger charge is 2.23. The molecule has 4 aromatic heterocycles. The molecule has 0 spiro atoms. The second-order valence-electron chi connectivity index (χ2n) is 9.72. The maximum Gasteiger partial charge on any atom is 0.234 e. The number of hydrogen-bond acceptors (Lipinski definition) is 7. The Morgan fingerprint density at radius 1 is 1.08 bits per heavy atom. The first-order chi connectivity index (χ1) is 18.7. The fraction of sp³-hybridized carbons (Fsp3) is 0.276. The van der Waals surface area contributed by atoms with E-state index in [4.69, 9.17) is 9.97 Å². The molecule has 7 rings (SSSR count). The number of aryl methyl sites for hydroxylation is 2. The van der Waals surface area contributed by atoms with E-state index in [9.17, 15) is 4.79 Å². The quantitative estimate of drug-likeness (QED) is 0.240. The molecule has 1 aliphatic carbocycles. The van der Waals surface area contributed by atoms with E-state index >= 15 is 0 Å². The standard InChI is InChI=1S/C29H26N6OS2/c1-2-8-21-19-12-5-6-13-20(19)24-25-26(38-28(24)32-21)27-33-34-29(35(27)16-30-25)37-15-23(36)31-22-14-7-10-17-9-3-4-11-18(17)22/h3-4,7,9-11,14,16H,2,5-6,8,12-13,15H2,1H3,(H,31,36). The first kappa shape index (κ1) is 23.5. The van der Waals surface area contributed by atoms with Crippen LogP contribution < -0.4 is 5.32 Å². The molecule has 0 bridgehead atoms. The van der Waals surface area contributed by atoms with E-state index in [1.165, 1.54) is 46.8 Å². The third kappa shape index (κ3) is 3.92. The van der Waals surface area contributed by atoms with Crippen LogP contribution in [0.1, 0.15) is 43.0 Å². The van der Waals surface area contributed by atoms with Crippen LogP contribution in [0.15, 0.2) is 53.9 Å². The number of carbonyl (C=O) groups is 1. The molecule has 1 amide bonds. The molecule has 6 aromatic rings. The minimum absolute atomic E-state index is 0.0849. The van der Waals surface area contributed by atoms with E-state index in [0.29, 0.717) is 5.16 Å². The van der Waals surface area contributed by atoms with Crippen molar-refractivity contribution in [2.75, 3.05) is 11.1 Å². The number of hydrogen-bond donors (Lipinski definition) is 1. The number of pyridine rings is 1. The van der Waals surface area contributed by atoms with Crippen molar-refractivity contribution in [3.8, 4) is 0 Å². The SMILES string of the molecule is CCCc1nc2sc3c(ncn4c(SCC(=O)Nc5cccc6ccccc56)nnc34)c2c2c1CCCC2. The van der Waals surface area contributed by atoms with Gasteiger partial charge in [0.25, 0.3) is 0 Å². The lowest BCUT2D eigenvalue weighted by Gasteiger charge is -2.19. The molecule has 9 heteroatoms. The van der Waals surface area contributed by atoms with Gasteiger partial charge in [-0.1, -0.05) is 61.5 Å². The molecule has 0 saturated carbocycles. The normalized spacial score (nSPS) is 13.5. The van der Waals surface area contributed by atoms with Crippen molar-refractivity contribution in [1.29, 1.82) is 0 Å². The van der Waals surface area contributed by atoms with Crippen molar-refractivity contribution in [3.63, 3.8) is 0 Å². The van der Waals surface area contributed by atoms with Gasteiger partial charge in [-0.3, -0.25) is 9.20 Å². The smallest absolute Gasteiger partial charge is 0.234 e. The van der Waals surface area contributed by atoms with Crippen LogP contribution in [0.5, 0.6) is 0 Å². The largest absolute Gasteiger partial charge is 0.325 e. The first-order valence-electron chi connectivity index (χ1n) is 13.1. The van der Waals surface area contributed by atoms with Gasteiger partial charge in [-0.15, -0.1) is 21.5 Å². The molecule has 2 aromatic carbocycles. The van der Waals surface area contributed by atoms with Gasteiger partial charge in [-0.05, 0) is 54.7 Å². The van der Waals surface area contributed by atoms with Crippen molar-refractivity contribution in [2.24, 2.45) is 0 Å². The van der Waals surface area contributed by atoms with Crippen molar-refractivity contribution in [2.45, 2.75) is 50.6 Å². The average Bonchev–Trinajstić information content (AvgIpc) is 3.53. The zero-order valence-corrected chi connectivity index (χ0v) is 22.7. The number of fused-ring (bicyclic) bond motifs is 8. The Morgan fingerprint density at radius 2 is 1.92 bits per heavy atom. The van der Waals surface area contributed by atoms with Gasteiger partial charge >= 0.3 is 0 Å². The van der Waals surface area contributed by atoms with E-state index in [1.54, 1.807) is 17.7 Å². The number of anilines is 1. The van der Waals surface area contributed by atoms with Gasteiger partial charge < -0.3 is 5.32 Å². The molecule has 0 atom stereocenters. The van der Waals surface area contributed by atoms with Crippen LogP contribution in [-0.4, -0.2) is 36.2 Å². The molecule has 0 radical (unpaired) electrons. The number of carbonyl (C=O) groups excluding carboxylic acids is 1. The maximum atomic E-state index is 12.8. The predicted octanol–water partition coefficient (Wildman–Crippen LogP) is 6.60. The number of thiophene rings is 1. The molecule has 0 fully saturated rings.